The minimum Gasteiger partial charge on any atom is -0.493 e. The third-order valence-corrected chi connectivity index (χ3v) is 4.49. The second-order valence-corrected chi connectivity index (χ2v) is 8.81. The van der Waals surface area contributed by atoms with E-state index in [0.29, 0.717) is 13.2 Å². The summed E-state index contributed by atoms with van der Waals surface area (Å²) in [5.41, 5.74) is 1.56. The summed E-state index contributed by atoms with van der Waals surface area (Å²) in [5.74, 6) is 1.59. The lowest BCUT2D eigenvalue weighted by molar-refractivity contribution is 0.198. The number of benzene rings is 2. The highest BCUT2D eigenvalue weighted by atomic mass is 16.5. The standard InChI is InChI=1S/C24H31N3O3/c1-24(2,3)18-30-22-12-8-20(9-13-22)27-15-14-26(23(27)28)19-6-10-21(11-7-19)29-17-16-25(4)5/h6-15H,16-18H2,1-5H3. The Morgan fingerprint density at radius 3 is 1.70 bits per heavy atom. The molecule has 0 saturated carbocycles. The van der Waals surface area contributed by atoms with Crippen molar-refractivity contribution in [2.45, 2.75) is 20.8 Å². The number of imidazole rings is 1. The molecule has 0 saturated heterocycles. The first kappa shape index (κ1) is 21.7. The average molecular weight is 410 g/mol. The van der Waals surface area contributed by atoms with Gasteiger partial charge >= 0.3 is 5.69 Å². The minimum absolute atomic E-state index is 0.0970. The van der Waals surface area contributed by atoms with E-state index in [1.807, 2.05) is 62.6 Å². The Bertz CT molecular complexity index is 994. The largest absolute Gasteiger partial charge is 0.493 e. The van der Waals surface area contributed by atoms with Crippen LogP contribution < -0.4 is 15.2 Å². The van der Waals surface area contributed by atoms with Crippen molar-refractivity contribution in [3.05, 3.63) is 71.4 Å². The van der Waals surface area contributed by atoms with Crippen molar-refractivity contribution in [2.75, 3.05) is 33.9 Å². The van der Waals surface area contributed by atoms with Gasteiger partial charge in [0.15, 0.2) is 0 Å². The van der Waals surface area contributed by atoms with Gasteiger partial charge in [-0.2, -0.15) is 0 Å². The zero-order chi connectivity index (χ0) is 21.7. The Kier molecular flexibility index (Phi) is 6.67. The van der Waals surface area contributed by atoms with Crippen LogP contribution in [0.5, 0.6) is 11.5 Å². The number of rotatable bonds is 8. The van der Waals surface area contributed by atoms with Crippen LogP contribution in [-0.4, -0.2) is 47.9 Å². The molecule has 30 heavy (non-hydrogen) atoms. The minimum atomic E-state index is -0.125. The van der Waals surface area contributed by atoms with Gasteiger partial charge in [-0.05, 0) is 68.0 Å². The Morgan fingerprint density at radius 2 is 1.27 bits per heavy atom. The van der Waals surface area contributed by atoms with E-state index >= 15 is 0 Å². The smallest absolute Gasteiger partial charge is 0.337 e. The molecule has 1 heterocycles. The fourth-order valence-corrected chi connectivity index (χ4v) is 2.82. The first-order chi connectivity index (χ1) is 14.2. The summed E-state index contributed by atoms with van der Waals surface area (Å²) >= 11 is 0. The zero-order valence-corrected chi connectivity index (χ0v) is 18.5. The van der Waals surface area contributed by atoms with Gasteiger partial charge in [0.1, 0.15) is 18.1 Å². The fourth-order valence-electron chi connectivity index (χ4n) is 2.82. The molecule has 3 aromatic rings. The van der Waals surface area contributed by atoms with E-state index < -0.39 is 0 Å². The number of hydrogen-bond donors (Lipinski definition) is 0. The van der Waals surface area contributed by atoms with Crippen molar-refractivity contribution in [2.24, 2.45) is 5.41 Å². The van der Waals surface area contributed by atoms with Gasteiger partial charge in [-0.1, -0.05) is 20.8 Å². The molecule has 0 bridgehead atoms. The van der Waals surface area contributed by atoms with Crippen LogP contribution in [0.1, 0.15) is 20.8 Å². The normalized spacial score (nSPS) is 11.7. The van der Waals surface area contributed by atoms with Crippen LogP contribution in [0.4, 0.5) is 0 Å². The van der Waals surface area contributed by atoms with E-state index in [1.165, 1.54) is 0 Å². The highest BCUT2D eigenvalue weighted by Gasteiger charge is 2.12. The van der Waals surface area contributed by atoms with Crippen molar-refractivity contribution < 1.29 is 9.47 Å². The number of ether oxygens (including phenoxy) is 2. The second kappa shape index (κ2) is 9.22. The third kappa shape index (κ3) is 5.76. The summed E-state index contributed by atoms with van der Waals surface area (Å²) in [5, 5.41) is 0. The number of aromatic nitrogens is 2. The average Bonchev–Trinajstić information content (AvgIpc) is 3.08. The molecule has 0 radical (unpaired) electrons. The van der Waals surface area contributed by atoms with Crippen molar-refractivity contribution in [3.63, 3.8) is 0 Å². The molecule has 6 heteroatoms. The molecule has 0 unspecified atom stereocenters. The summed E-state index contributed by atoms with van der Waals surface area (Å²) < 4.78 is 14.8. The topological polar surface area (TPSA) is 48.6 Å². The highest BCUT2D eigenvalue weighted by molar-refractivity contribution is 5.40. The predicted octanol–water partition coefficient (Wildman–Crippen LogP) is 3.99. The summed E-state index contributed by atoms with van der Waals surface area (Å²) in [6.07, 6.45) is 3.54. The van der Waals surface area contributed by atoms with Crippen LogP contribution in [0.25, 0.3) is 11.4 Å². The molecule has 0 atom stereocenters. The Balaban J connectivity index is 1.70. The highest BCUT2D eigenvalue weighted by Crippen LogP contribution is 2.20. The third-order valence-electron chi connectivity index (χ3n) is 4.49. The molecule has 2 aromatic carbocycles. The van der Waals surface area contributed by atoms with Gasteiger partial charge in [-0.3, -0.25) is 9.13 Å². The summed E-state index contributed by atoms with van der Waals surface area (Å²) in [4.78, 5) is 15.0. The van der Waals surface area contributed by atoms with Gasteiger partial charge in [0.25, 0.3) is 0 Å². The molecule has 0 spiro atoms. The Morgan fingerprint density at radius 1 is 0.800 bits per heavy atom. The van der Waals surface area contributed by atoms with Crippen LogP contribution in [0.2, 0.25) is 0 Å². The number of nitrogens with zero attached hydrogens (tertiary/aromatic N) is 3. The van der Waals surface area contributed by atoms with Crippen molar-refractivity contribution >= 4 is 0 Å². The molecule has 1 aromatic heterocycles. The lowest BCUT2D eigenvalue weighted by Gasteiger charge is -2.18. The molecular formula is C24H31N3O3. The van der Waals surface area contributed by atoms with Crippen LogP contribution >= 0.6 is 0 Å². The van der Waals surface area contributed by atoms with Gasteiger partial charge in [-0.25, -0.2) is 4.79 Å². The molecule has 0 fully saturated rings. The van der Waals surface area contributed by atoms with Crippen LogP contribution in [0.3, 0.4) is 0 Å². The monoisotopic (exact) mass is 409 g/mol. The van der Waals surface area contributed by atoms with Gasteiger partial charge in [0, 0.05) is 18.9 Å². The molecule has 0 N–H and O–H groups in total. The molecule has 0 amide bonds. The maximum atomic E-state index is 12.9. The molecule has 160 valence electrons. The Labute approximate surface area is 178 Å². The van der Waals surface area contributed by atoms with E-state index in [4.69, 9.17) is 9.47 Å². The maximum Gasteiger partial charge on any atom is 0.337 e. The van der Waals surface area contributed by atoms with E-state index in [-0.39, 0.29) is 11.1 Å². The van der Waals surface area contributed by atoms with Gasteiger partial charge in [-0.15, -0.1) is 0 Å². The van der Waals surface area contributed by atoms with Crippen molar-refractivity contribution in [1.29, 1.82) is 0 Å². The first-order valence-electron chi connectivity index (χ1n) is 10.1. The quantitative estimate of drug-likeness (QED) is 0.564. The first-order valence-corrected chi connectivity index (χ1v) is 10.1. The zero-order valence-electron chi connectivity index (χ0n) is 18.5. The van der Waals surface area contributed by atoms with Gasteiger partial charge < -0.3 is 14.4 Å². The predicted molar refractivity (Wildman–Crippen MR) is 120 cm³/mol. The van der Waals surface area contributed by atoms with E-state index in [9.17, 15) is 4.79 Å². The van der Waals surface area contributed by atoms with Crippen LogP contribution in [0.15, 0.2) is 65.7 Å². The van der Waals surface area contributed by atoms with Crippen LogP contribution in [-0.2, 0) is 0 Å². The second-order valence-electron chi connectivity index (χ2n) is 8.81. The number of hydrogen-bond acceptors (Lipinski definition) is 4. The Hall–Kier alpha value is -2.99. The van der Waals surface area contributed by atoms with E-state index in [1.54, 1.807) is 21.5 Å². The molecule has 0 aliphatic rings. The fraction of sp³-hybridized carbons (Fsp3) is 0.375. The van der Waals surface area contributed by atoms with Crippen molar-refractivity contribution in [3.8, 4) is 22.9 Å². The van der Waals surface area contributed by atoms with Gasteiger partial charge in [0.2, 0.25) is 0 Å². The van der Waals surface area contributed by atoms with Gasteiger partial charge in [0.05, 0.1) is 18.0 Å². The SMILES string of the molecule is CN(C)CCOc1ccc(-n2ccn(-c3ccc(OCC(C)(C)C)cc3)c2=O)cc1. The summed E-state index contributed by atoms with van der Waals surface area (Å²) in [7, 11) is 4.02. The van der Waals surface area contributed by atoms with Crippen LogP contribution in [0, 0.1) is 5.41 Å². The lowest BCUT2D eigenvalue weighted by atomic mass is 9.99. The summed E-state index contributed by atoms with van der Waals surface area (Å²) in [6, 6.07) is 15.1. The van der Waals surface area contributed by atoms with E-state index in [2.05, 4.69) is 25.7 Å². The van der Waals surface area contributed by atoms with E-state index in [0.717, 1.165) is 29.4 Å². The molecule has 0 aliphatic heterocycles. The molecule has 6 nitrogen and oxygen atoms in total. The lowest BCUT2D eigenvalue weighted by Crippen LogP contribution is -2.21. The van der Waals surface area contributed by atoms with Crippen molar-refractivity contribution in [1.82, 2.24) is 14.0 Å². The number of likely N-dealkylation sites (N-methyl/N-ethyl adjacent to an activating group) is 1. The summed E-state index contributed by atoms with van der Waals surface area (Å²) in [6.45, 7) is 8.50. The maximum absolute atomic E-state index is 12.9. The molecule has 3 rings (SSSR count). The molecule has 0 aliphatic carbocycles. The molecular weight excluding hydrogens is 378 g/mol.